The van der Waals surface area contributed by atoms with Gasteiger partial charge in [-0.15, -0.1) is 0 Å². The van der Waals surface area contributed by atoms with Crippen LogP contribution in [0.5, 0.6) is 0 Å². The molecule has 1 aliphatic rings. The lowest BCUT2D eigenvalue weighted by Crippen LogP contribution is -2.51. The molecule has 2 N–H and O–H groups in total. The van der Waals surface area contributed by atoms with Crippen molar-refractivity contribution < 1.29 is 18.3 Å². The van der Waals surface area contributed by atoms with Crippen LogP contribution in [0.2, 0.25) is 0 Å². The summed E-state index contributed by atoms with van der Waals surface area (Å²) >= 11 is 0. The Balaban J connectivity index is 2.33. The minimum absolute atomic E-state index is 0.138. The molecule has 2 rings (SSSR count). The largest absolute Gasteiger partial charge is 0.480 e. The molecule has 0 heterocycles. The third-order valence-electron chi connectivity index (χ3n) is 3.92. The number of carboxylic acid groups (broad SMARTS) is 1. The highest BCUT2D eigenvalue weighted by Gasteiger charge is 2.36. The number of aryl methyl sites for hydroxylation is 2. The van der Waals surface area contributed by atoms with Gasteiger partial charge in [0.15, 0.2) is 0 Å². The molecule has 0 radical (unpaired) electrons. The summed E-state index contributed by atoms with van der Waals surface area (Å²) in [6, 6.07) is 5.02. The fourth-order valence-electron chi connectivity index (χ4n) is 2.34. The van der Waals surface area contributed by atoms with Crippen LogP contribution in [0.15, 0.2) is 23.1 Å². The van der Waals surface area contributed by atoms with Gasteiger partial charge in [-0.05, 0) is 55.9 Å². The first-order chi connectivity index (χ1) is 9.28. The molecule has 1 unspecified atom stereocenters. The molecule has 0 aromatic heterocycles. The normalized spacial score (nSPS) is 17.5. The molecule has 1 aromatic carbocycles. The summed E-state index contributed by atoms with van der Waals surface area (Å²) in [6.07, 6.45) is 3.06. The number of carboxylic acids is 1. The number of fused-ring (bicyclic) bond motifs is 1. The number of nitrogens with one attached hydrogen (secondary N) is 1. The van der Waals surface area contributed by atoms with Gasteiger partial charge in [-0.3, -0.25) is 4.79 Å². The maximum absolute atomic E-state index is 12.3. The third-order valence-corrected chi connectivity index (χ3v) is 5.51. The number of sulfonamides is 1. The predicted octanol–water partition coefficient (Wildman–Crippen LogP) is 1.71. The van der Waals surface area contributed by atoms with Gasteiger partial charge in [0.1, 0.15) is 5.54 Å². The van der Waals surface area contributed by atoms with Crippen LogP contribution in [0.3, 0.4) is 0 Å². The molecule has 0 spiro atoms. The Hall–Kier alpha value is -1.40. The van der Waals surface area contributed by atoms with E-state index in [9.17, 15) is 18.3 Å². The van der Waals surface area contributed by atoms with Crippen molar-refractivity contribution in [2.24, 2.45) is 0 Å². The second-order valence-electron chi connectivity index (χ2n) is 5.38. The molecule has 0 saturated carbocycles. The van der Waals surface area contributed by atoms with Gasteiger partial charge in [-0.1, -0.05) is 13.0 Å². The quantitative estimate of drug-likeness (QED) is 0.866. The summed E-state index contributed by atoms with van der Waals surface area (Å²) in [5.74, 6) is -1.18. The SMILES string of the molecule is CCC(C)(NS(=O)(=O)c1ccc2c(c1)CCC2)C(=O)O. The van der Waals surface area contributed by atoms with E-state index in [-0.39, 0.29) is 11.3 Å². The second kappa shape index (κ2) is 5.18. The number of benzene rings is 1. The van der Waals surface area contributed by atoms with E-state index in [1.54, 1.807) is 19.1 Å². The zero-order chi connectivity index (χ0) is 15.0. The molecule has 1 aliphatic carbocycles. The lowest BCUT2D eigenvalue weighted by Gasteiger charge is -2.24. The first-order valence-electron chi connectivity index (χ1n) is 6.68. The lowest BCUT2D eigenvalue weighted by atomic mass is 10.0. The Morgan fingerprint density at radius 1 is 1.35 bits per heavy atom. The number of carbonyl (C=O) groups is 1. The van der Waals surface area contributed by atoms with Crippen LogP contribution in [0.1, 0.15) is 37.8 Å². The van der Waals surface area contributed by atoms with Gasteiger partial charge in [0.2, 0.25) is 10.0 Å². The number of hydrogen-bond acceptors (Lipinski definition) is 3. The number of rotatable bonds is 5. The molecule has 110 valence electrons. The number of aliphatic carboxylic acids is 1. The summed E-state index contributed by atoms with van der Waals surface area (Å²) in [5.41, 5.74) is 0.736. The van der Waals surface area contributed by atoms with Crippen LogP contribution in [0.25, 0.3) is 0 Å². The second-order valence-corrected chi connectivity index (χ2v) is 7.06. The molecule has 0 saturated heterocycles. The fourth-order valence-corrected chi connectivity index (χ4v) is 3.83. The van der Waals surface area contributed by atoms with Crippen LogP contribution in [0, 0.1) is 0 Å². The Morgan fingerprint density at radius 3 is 2.60 bits per heavy atom. The van der Waals surface area contributed by atoms with Crippen LogP contribution < -0.4 is 4.72 Å². The highest BCUT2D eigenvalue weighted by molar-refractivity contribution is 7.89. The van der Waals surface area contributed by atoms with Crippen molar-refractivity contribution in [3.05, 3.63) is 29.3 Å². The molecular formula is C14H19NO4S. The zero-order valence-electron chi connectivity index (χ0n) is 11.6. The van der Waals surface area contributed by atoms with E-state index < -0.39 is 21.5 Å². The van der Waals surface area contributed by atoms with E-state index in [1.807, 2.05) is 6.07 Å². The van der Waals surface area contributed by atoms with E-state index in [0.717, 1.165) is 24.8 Å². The van der Waals surface area contributed by atoms with Gasteiger partial charge < -0.3 is 5.11 Å². The van der Waals surface area contributed by atoms with Crippen molar-refractivity contribution in [2.45, 2.75) is 50.0 Å². The van der Waals surface area contributed by atoms with Crippen LogP contribution in [-0.2, 0) is 27.7 Å². The van der Waals surface area contributed by atoms with Crippen molar-refractivity contribution >= 4 is 16.0 Å². The van der Waals surface area contributed by atoms with Gasteiger partial charge >= 0.3 is 5.97 Å². The Kier molecular flexibility index (Phi) is 3.88. The van der Waals surface area contributed by atoms with Crippen molar-refractivity contribution in [3.8, 4) is 0 Å². The monoisotopic (exact) mass is 297 g/mol. The minimum Gasteiger partial charge on any atom is -0.480 e. The topological polar surface area (TPSA) is 83.5 Å². The first kappa shape index (κ1) is 15.0. The summed E-state index contributed by atoms with van der Waals surface area (Å²) in [6.45, 7) is 3.01. The summed E-state index contributed by atoms with van der Waals surface area (Å²) in [4.78, 5) is 11.4. The van der Waals surface area contributed by atoms with Crippen molar-refractivity contribution in [1.82, 2.24) is 4.72 Å². The van der Waals surface area contributed by atoms with Crippen LogP contribution in [-0.4, -0.2) is 25.0 Å². The van der Waals surface area contributed by atoms with E-state index >= 15 is 0 Å². The molecule has 1 atom stereocenters. The van der Waals surface area contributed by atoms with E-state index in [4.69, 9.17) is 0 Å². The molecule has 6 heteroatoms. The maximum Gasteiger partial charge on any atom is 0.324 e. The maximum atomic E-state index is 12.3. The Morgan fingerprint density at radius 2 is 2.00 bits per heavy atom. The van der Waals surface area contributed by atoms with Gasteiger partial charge in [0, 0.05) is 0 Å². The van der Waals surface area contributed by atoms with Crippen molar-refractivity contribution in [3.63, 3.8) is 0 Å². The third kappa shape index (κ3) is 2.71. The van der Waals surface area contributed by atoms with Crippen molar-refractivity contribution in [2.75, 3.05) is 0 Å². The molecule has 0 aliphatic heterocycles. The Labute approximate surface area is 119 Å². The highest BCUT2D eigenvalue weighted by Crippen LogP contribution is 2.25. The molecule has 0 amide bonds. The van der Waals surface area contributed by atoms with Gasteiger partial charge in [0.05, 0.1) is 4.90 Å². The highest BCUT2D eigenvalue weighted by atomic mass is 32.2. The molecular weight excluding hydrogens is 278 g/mol. The summed E-state index contributed by atoms with van der Waals surface area (Å²) < 4.78 is 27.0. The van der Waals surface area contributed by atoms with Gasteiger partial charge in [0.25, 0.3) is 0 Å². The van der Waals surface area contributed by atoms with E-state index in [0.29, 0.717) is 0 Å². The zero-order valence-corrected chi connectivity index (χ0v) is 12.5. The molecule has 20 heavy (non-hydrogen) atoms. The van der Waals surface area contributed by atoms with Crippen LogP contribution >= 0.6 is 0 Å². The number of hydrogen-bond donors (Lipinski definition) is 2. The van der Waals surface area contributed by atoms with E-state index in [2.05, 4.69) is 4.72 Å². The minimum atomic E-state index is -3.83. The molecule has 0 fully saturated rings. The molecule has 0 bridgehead atoms. The fraction of sp³-hybridized carbons (Fsp3) is 0.500. The molecule has 5 nitrogen and oxygen atoms in total. The Bertz CT molecular complexity index is 639. The smallest absolute Gasteiger partial charge is 0.324 e. The molecule has 1 aromatic rings. The average molecular weight is 297 g/mol. The summed E-state index contributed by atoms with van der Waals surface area (Å²) in [7, 11) is -3.83. The first-order valence-corrected chi connectivity index (χ1v) is 8.16. The van der Waals surface area contributed by atoms with Gasteiger partial charge in [-0.25, -0.2) is 8.42 Å². The summed E-state index contributed by atoms with van der Waals surface area (Å²) in [5, 5.41) is 9.17. The van der Waals surface area contributed by atoms with E-state index in [1.165, 1.54) is 12.5 Å². The van der Waals surface area contributed by atoms with Gasteiger partial charge in [-0.2, -0.15) is 4.72 Å². The standard InChI is InChI=1S/C14H19NO4S/c1-3-14(2,13(16)17)15-20(18,19)12-8-7-10-5-4-6-11(10)9-12/h7-9,15H,3-6H2,1-2H3,(H,16,17). The lowest BCUT2D eigenvalue weighted by molar-refractivity contribution is -0.143. The van der Waals surface area contributed by atoms with Crippen LogP contribution in [0.4, 0.5) is 0 Å². The predicted molar refractivity (Wildman–Crippen MR) is 75.1 cm³/mol. The average Bonchev–Trinajstić information content (AvgIpc) is 2.85. The van der Waals surface area contributed by atoms with Crippen molar-refractivity contribution in [1.29, 1.82) is 0 Å².